The molecule has 0 fully saturated rings. The Morgan fingerprint density at radius 1 is 1.33 bits per heavy atom. The van der Waals surface area contributed by atoms with Gasteiger partial charge in [-0.15, -0.1) is 0 Å². The van der Waals surface area contributed by atoms with E-state index in [1.165, 1.54) is 0 Å². The molecule has 0 saturated heterocycles. The second-order valence-electron chi connectivity index (χ2n) is 5.17. The van der Waals surface area contributed by atoms with Gasteiger partial charge < -0.3 is 19.3 Å². The minimum atomic E-state index is -0.878. The molecule has 0 bridgehead atoms. The van der Waals surface area contributed by atoms with Crippen molar-refractivity contribution in [3.63, 3.8) is 0 Å². The molecular weight excluding hydrogens is 269 g/mol. The van der Waals surface area contributed by atoms with Crippen LogP contribution in [0.25, 0.3) is 0 Å². The smallest absolute Gasteiger partial charge is 0.437 e. The van der Waals surface area contributed by atoms with E-state index in [0.29, 0.717) is 18.2 Å². The highest BCUT2D eigenvalue weighted by Gasteiger charge is 2.29. The highest BCUT2D eigenvalue weighted by Crippen LogP contribution is 2.26. The third kappa shape index (κ3) is 3.05. The standard InChI is InChI=1S/C14H16BN3O3/c1-18(2)8-10-6-17-14(7-16-10)21-13-5-3-4-12-11(13)9-20-15(12)19/h3-7,19H,8-9H2,1-2H3. The molecule has 0 amide bonds. The van der Waals surface area contributed by atoms with E-state index in [1.807, 2.05) is 37.2 Å². The molecule has 0 saturated carbocycles. The van der Waals surface area contributed by atoms with Gasteiger partial charge in [0.2, 0.25) is 5.88 Å². The third-order valence-corrected chi connectivity index (χ3v) is 3.20. The fourth-order valence-electron chi connectivity index (χ4n) is 2.23. The van der Waals surface area contributed by atoms with Crippen LogP contribution in [0.3, 0.4) is 0 Å². The SMILES string of the molecule is CN(C)Cc1cnc(Oc2cccc3c2COB3O)cn1. The molecule has 1 N–H and O–H groups in total. The lowest BCUT2D eigenvalue weighted by atomic mass is 9.79. The number of benzene rings is 1. The van der Waals surface area contributed by atoms with Crippen molar-refractivity contribution in [2.24, 2.45) is 0 Å². The van der Waals surface area contributed by atoms with Gasteiger partial charge in [0.05, 0.1) is 24.7 Å². The van der Waals surface area contributed by atoms with E-state index in [2.05, 4.69) is 9.97 Å². The average molecular weight is 285 g/mol. The Kier molecular flexibility index (Phi) is 3.87. The normalized spacial score (nSPS) is 13.6. The van der Waals surface area contributed by atoms with Crippen LogP contribution in [0, 0.1) is 0 Å². The van der Waals surface area contributed by atoms with Gasteiger partial charge in [0, 0.05) is 12.1 Å². The van der Waals surface area contributed by atoms with Crippen LogP contribution in [0.4, 0.5) is 0 Å². The Bertz CT molecular complexity index is 634. The molecule has 1 aliphatic heterocycles. The molecule has 1 aromatic carbocycles. The molecule has 0 aliphatic carbocycles. The summed E-state index contributed by atoms with van der Waals surface area (Å²) >= 11 is 0. The number of rotatable bonds is 4. The van der Waals surface area contributed by atoms with Crippen LogP contribution in [-0.2, 0) is 17.8 Å². The van der Waals surface area contributed by atoms with Gasteiger partial charge in [-0.25, -0.2) is 4.98 Å². The number of aromatic nitrogens is 2. The molecule has 6 nitrogen and oxygen atoms in total. The van der Waals surface area contributed by atoms with E-state index >= 15 is 0 Å². The highest BCUT2D eigenvalue weighted by molar-refractivity contribution is 6.61. The van der Waals surface area contributed by atoms with Crippen LogP contribution < -0.4 is 10.2 Å². The van der Waals surface area contributed by atoms with Crippen molar-refractivity contribution in [2.75, 3.05) is 14.1 Å². The van der Waals surface area contributed by atoms with E-state index in [0.717, 1.165) is 23.3 Å². The summed E-state index contributed by atoms with van der Waals surface area (Å²) in [7, 11) is 3.08. The molecule has 7 heteroatoms. The molecule has 108 valence electrons. The zero-order chi connectivity index (χ0) is 14.8. The lowest BCUT2D eigenvalue weighted by Gasteiger charge is -2.10. The first-order valence-corrected chi connectivity index (χ1v) is 6.68. The van der Waals surface area contributed by atoms with Crippen LogP contribution in [0.15, 0.2) is 30.6 Å². The van der Waals surface area contributed by atoms with Crippen LogP contribution in [0.1, 0.15) is 11.3 Å². The lowest BCUT2D eigenvalue weighted by molar-refractivity contribution is 0.272. The van der Waals surface area contributed by atoms with Gasteiger partial charge in [-0.3, -0.25) is 4.98 Å². The largest absolute Gasteiger partial charge is 0.491 e. The first kappa shape index (κ1) is 14.0. The molecule has 21 heavy (non-hydrogen) atoms. The Morgan fingerprint density at radius 3 is 2.90 bits per heavy atom. The molecule has 2 heterocycles. The second-order valence-corrected chi connectivity index (χ2v) is 5.17. The maximum atomic E-state index is 9.68. The fraction of sp³-hybridized carbons (Fsp3) is 0.286. The summed E-state index contributed by atoms with van der Waals surface area (Å²) in [6.45, 7) is 1.06. The molecule has 3 rings (SSSR count). The van der Waals surface area contributed by atoms with E-state index in [9.17, 15) is 5.02 Å². The molecule has 1 aliphatic rings. The predicted octanol–water partition coefficient (Wildman–Crippen LogP) is 0.548. The molecule has 0 spiro atoms. The third-order valence-electron chi connectivity index (χ3n) is 3.20. The van der Waals surface area contributed by atoms with Gasteiger partial charge >= 0.3 is 7.12 Å². The first-order chi connectivity index (χ1) is 10.1. The number of hydrogen-bond donors (Lipinski definition) is 1. The number of fused-ring (bicyclic) bond motifs is 1. The van der Waals surface area contributed by atoms with Gasteiger partial charge in [-0.05, 0) is 25.6 Å². The average Bonchev–Trinajstić information content (AvgIpc) is 2.83. The number of hydrogen-bond acceptors (Lipinski definition) is 6. The van der Waals surface area contributed by atoms with Gasteiger partial charge in [0.15, 0.2) is 0 Å². The zero-order valence-electron chi connectivity index (χ0n) is 12.0. The summed E-state index contributed by atoms with van der Waals surface area (Å²) in [6.07, 6.45) is 3.30. The molecule has 0 radical (unpaired) electrons. The van der Waals surface area contributed by atoms with Crippen molar-refractivity contribution in [3.8, 4) is 11.6 Å². The van der Waals surface area contributed by atoms with Crippen molar-refractivity contribution in [3.05, 3.63) is 41.9 Å². The van der Waals surface area contributed by atoms with Gasteiger partial charge in [-0.2, -0.15) is 0 Å². The Labute approximate surface area is 123 Å². The molecular formula is C14H16BN3O3. The molecule has 0 atom stereocenters. The van der Waals surface area contributed by atoms with Crippen molar-refractivity contribution in [1.82, 2.24) is 14.9 Å². The summed E-state index contributed by atoms with van der Waals surface area (Å²) in [6, 6.07) is 5.47. The van der Waals surface area contributed by atoms with Crippen molar-refractivity contribution < 1.29 is 14.4 Å². The van der Waals surface area contributed by atoms with E-state index in [1.54, 1.807) is 12.4 Å². The second kappa shape index (κ2) is 5.81. The summed E-state index contributed by atoms with van der Waals surface area (Å²) in [5, 5.41) is 9.68. The van der Waals surface area contributed by atoms with Gasteiger partial charge in [-0.1, -0.05) is 12.1 Å². The minimum Gasteiger partial charge on any atom is -0.437 e. The van der Waals surface area contributed by atoms with Crippen LogP contribution in [0.2, 0.25) is 0 Å². The van der Waals surface area contributed by atoms with Gasteiger partial charge in [0.25, 0.3) is 0 Å². The first-order valence-electron chi connectivity index (χ1n) is 6.68. The van der Waals surface area contributed by atoms with Crippen molar-refractivity contribution >= 4 is 12.6 Å². The highest BCUT2D eigenvalue weighted by atomic mass is 16.5. The predicted molar refractivity (Wildman–Crippen MR) is 78.3 cm³/mol. The maximum Gasteiger partial charge on any atom is 0.491 e. The Morgan fingerprint density at radius 2 is 2.19 bits per heavy atom. The monoisotopic (exact) mass is 285 g/mol. The van der Waals surface area contributed by atoms with Crippen LogP contribution in [0.5, 0.6) is 11.6 Å². The minimum absolute atomic E-state index is 0.332. The molecule has 2 aromatic rings. The number of ether oxygens (including phenoxy) is 1. The van der Waals surface area contributed by atoms with E-state index in [-0.39, 0.29) is 0 Å². The number of nitrogens with zero attached hydrogens (tertiary/aromatic N) is 3. The zero-order valence-corrected chi connectivity index (χ0v) is 12.0. The fourth-order valence-corrected chi connectivity index (χ4v) is 2.23. The van der Waals surface area contributed by atoms with Gasteiger partial charge in [0.1, 0.15) is 5.75 Å². The van der Waals surface area contributed by atoms with Crippen molar-refractivity contribution in [1.29, 1.82) is 0 Å². The van der Waals surface area contributed by atoms with E-state index < -0.39 is 7.12 Å². The Balaban J connectivity index is 1.78. The Hall–Kier alpha value is -1.96. The summed E-state index contributed by atoms with van der Waals surface area (Å²) in [4.78, 5) is 10.6. The van der Waals surface area contributed by atoms with Crippen molar-refractivity contribution in [2.45, 2.75) is 13.2 Å². The van der Waals surface area contributed by atoms with Crippen LogP contribution in [-0.4, -0.2) is 41.1 Å². The van der Waals surface area contributed by atoms with E-state index in [4.69, 9.17) is 9.39 Å². The summed E-state index contributed by atoms with van der Waals surface area (Å²) in [5.74, 6) is 1.06. The summed E-state index contributed by atoms with van der Waals surface area (Å²) in [5.41, 5.74) is 2.47. The quantitative estimate of drug-likeness (QED) is 0.827. The summed E-state index contributed by atoms with van der Waals surface area (Å²) < 4.78 is 10.9. The van der Waals surface area contributed by atoms with Crippen LogP contribution >= 0.6 is 0 Å². The molecule has 0 unspecified atom stereocenters. The molecule has 1 aromatic heterocycles. The lowest BCUT2D eigenvalue weighted by Crippen LogP contribution is -2.27. The topological polar surface area (TPSA) is 67.7 Å². The maximum absolute atomic E-state index is 9.68.